The van der Waals surface area contributed by atoms with Crippen LogP contribution in [0.4, 0.5) is 0 Å². The van der Waals surface area contributed by atoms with E-state index in [1.54, 1.807) is 0 Å². The molecule has 0 saturated heterocycles. The lowest BCUT2D eigenvalue weighted by Gasteiger charge is -1.93. The van der Waals surface area contributed by atoms with Crippen molar-refractivity contribution < 1.29 is 9.90 Å². The van der Waals surface area contributed by atoms with Gasteiger partial charge in [-0.25, -0.2) is 0 Å². The molecule has 0 aromatic rings. The van der Waals surface area contributed by atoms with Gasteiger partial charge in [0.05, 0.1) is 6.42 Å². The molecule has 0 aromatic carbocycles. The zero-order valence-electron chi connectivity index (χ0n) is 7.55. The van der Waals surface area contributed by atoms with Gasteiger partial charge in [0.15, 0.2) is 0 Å². The number of hydrogen-bond acceptors (Lipinski definition) is 1. The van der Waals surface area contributed by atoms with Crippen molar-refractivity contribution in [3.05, 3.63) is 12.2 Å². The van der Waals surface area contributed by atoms with E-state index in [9.17, 15) is 4.79 Å². The molecule has 68 valence electrons. The average molecular weight is 168 g/mol. The molecule has 0 aromatic heterocycles. The molecule has 12 heavy (non-hydrogen) atoms. The topological polar surface area (TPSA) is 37.3 Å². The Bertz CT molecular complexity index is 196. The summed E-state index contributed by atoms with van der Waals surface area (Å²) in [7, 11) is 0. The van der Waals surface area contributed by atoms with Gasteiger partial charge in [-0.1, -0.05) is 31.9 Å². The van der Waals surface area contributed by atoms with Gasteiger partial charge in [-0.05, 0) is 18.3 Å². The molecule has 0 aliphatic heterocycles. The average Bonchev–Trinajstić information content (AvgIpc) is 2.57. The first-order valence-corrected chi connectivity index (χ1v) is 4.57. The third kappa shape index (κ3) is 2.10. The highest BCUT2D eigenvalue weighted by atomic mass is 16.4. The molecule has 0 radical (unpaired) electrons. The van der Waals surface area contributed by atoms with Gasteiger partial charge in [-0.3, -0.25) is 4.79 Å². The number of carboxylic acids is 1. The van der Waals surface area contributed by atoms with Gasteiger partial charge in [0, 0.05) is 0 Å². The van der Waals surface area contributed by atoms with E-state index in [0.29, 0.717) is 5.92 Å². The lowest BCUT2D eigenvalue weighted by atomic mass is 10.1. The van der Waals surface area contributed by atoms with Gasteiger partial charge in [0.25, 0.3) is 0 Å². The lowest BCUT2D eigenvalue weighted by Crippen LogP contribution is -1.96. The fourth-order valence-electron chi connectivity index (χ4n) is 1.72. The SMILES string of the molecule is C=C1[C@@H](CC(=O)O)[C@H]1CCCC. The third-order valence-corrected chi connectivity index (χ3v) is 2.59. The molecular weight excluding hydrogens is 152 g/mol. The summed E-state index contributed by atoms with van der Waals surface area (Å²) in [6, 6.07) is 0. The molecule has 2 atom stereocenters. The van der Waals surface area contributed by atoms with Gasteiger partial charge in [-0.15, -0.1) is 0 Å². The standard InChI is InChI=1S/C10H16O2/c1-3-4-5-8-7(2)9(8)6-10(11)12/h8-9H,2-6H2,1H3,(H,11,12)/t8-,9+/m0/s1. The zero-order valence-corrected chi connectivity index (χ0v) is 7.55. The minimum atomic E-state index is -0.694. The maximum absolute atomic E-state index is 10.4. The molecule has 1 N–H and O–H groups in total. The molecule has 0 spiro atoms. The number of hydrogen-bond donors (Lipinski definition) is 1. The Morgan fingerprint density at radius 3 is 2.75 bits per heavy atom. The summed E-state index contributed by atoms with van der Waals surface area (Å²) in [5.74, 6) is 0.107. The van der Waals surface area contributed by atoms with E-state index in [0.717, 1.165) is 12.0 Å². The molecule has 0 unspecified atom stereocenters. The Balaban J connectivity index is 2.23. The third-order valence-electron chi connectivity index (χ3n) is 2.59. The molecule has 1 aliphatic carbocycles. The van der Waals surface area contributed by atoms with Crippen LogP contribution in [0.15, 0.2) is 12.2 Å². The molecular formula is C10H16O2. The van der Waals surface area contributed by atoms with Crippen LogP contribution in [0.2, 0.25) is 0 Å². The summed E-state index contributed by atoms with van der Waals surface area (Å²) < 4.78 is 0. The van der Waals surface area contributed by atoms with Crippen LogP contribution in [-0.4, -0.2) is 11.1 Å². The number of allylic oxidation sites excluding steroid dienone is 1. The van der Waals surface area contributed by atoms with Crippen molar-refractivity contribution in [1.29, 1.82) is 0 Å². The van der Waals surface area contributed by atoms with E-state index < -0.39 is 5.97 Å². The summed E-state index contributed by atoms with van der Waals surface area (Å²) in [6.07, 6.45) is 3.80. The van der Waals surface area contributed by atoms with Crippen LogP contribution in [0.25, 0.3) is 0 Å². The molecule has 1 rings (SSSR count). The summed E-state index contributed by atoms with van der Waals surface area (Å²) >= 11 is 0. The summed E-state index contributed by atoms with van der Waals surface area (Å²) in [4.78, 5) is 10.4. The van der Waals surface area contributed by atoms with E-state index in [2.05, 4.69) is 13.5 Å². The molecule has 0 amide bonds. The fraction of sp³-hybridized carbons (Fsp3) is 0.700. The van der Waals surface area contributed by atoms with Gasteiger partial charge < -0.3 is 5.11 Å². The van der Waals surface area contributed by atoms with E-state index in [4.69, 9.17) is 5.11 Å². The number of rotatable bonds is 5. The van der Waals surface area contributed by atoms with E-state index in [1.165, 1.54) is 12.8 Å². The molecule has 2 heteroatoms. The minimum absolute atomic E-state index is 0.285. The summed E-state index contributed by atoms with van der Waals surface area (Å²) in [6.45, 7) is 6.02. The zero-order chi connectivity index (χ0) is 9.14. The highest BCUT2D eigenvalue weighted by Gasteiger charge is 2.42. The van der Waals surface area contributed by atoms with Crippen LogP contribution in [0.5, 0.6) is 0 Å². The van der Waals surface area contributed by atoms with Crippen molar-refractivity contribution in [3.8, 4) is 0 Å². The number of carbonyl (C=O) groups is 1. The highest BCUT2D eigenvalue weighted by Crippen LogP contribution is 2.49. The van der Waals surface area contributed by atoms with Crippen LogP contribution in [0, 0.1) is 11.8 Å². The normalized spacial score (nSPS) is 27.2. The molecule has 1 fully saturated rings. The lowest BCUT2D eigenvalue weighted by molar-refractivity contribution is -0.137. The van der Waals surface area contributed by atoms with E-state index in [1.807, 2.05) is 0 Å². The minimum Gasteiger partial charge on any atom is -0.481 e. The van der Waals surface area contributed by atoms with Gasteiger partial charge in [0.1, 0.15) is 0 Å². The largest absolute Gasteiger partial charge is 0.481 e. The van der Waals surface area contributed by atoms with Crippen molar-refractivity contribution in [3.63, 3.8) is 0 Å². The van der Waals surface area contributed by atoms with Crippen molar-refractivity contribution in [2.75, 3.05) is 0 Å². The van der Waals surface area contributed by atoms with E-state index >= 15 is 0 Å². The second-order valence-electron chi connectivity index (χ2n) is 3.53. The van der Waals surface area contributed by atoms with Gasteiger partial charge in [0.2, 0.25) is 0 Å². The molecule has 2 nitrogen and oxygen atoms in total. The molecule has 1 saturated carbocycles. The van der Waals surface area contributed by atoms with Crippen molar-refractivity contribution in [2.45, 2.75) is 32.6 Å². The highest BCUT2D eigenvalue weighted by molar-refractivity contribution is 5.69. The molecule has 0 bridgehead atoms. The fourth-order valence-corrected chi connectivity index (χ4v) is 1.72. The van der Waals surface area contributed by atoms with Crippen LogP contribution < -0.4 is 0 Å². The first-order valence-electron chi connectivity index (χ1n) is 4.57. The van der Waals surface area contributed by atoms with E-state index in [-0.39, 0.29) is 12.3 Å². The first kappa shape index (κ1) is 9.30. The Hall–Kier alpha value is -0.790. The maximum atomic E-state index is 10.4. The second-order valence-corrected chi connectivity index (χ2v) is 3.53. The van der Waals surface area contributed by atoms with Crippen molar-refractivity contribution in [1.82, 2.24) is 0 Å². The molecule has 1 aliphatic rings. The number of unbranched alkanes of at least 4 members (excludes halogenated alkanes) is 1. The number of aliphatic carboxylic acids is 1. The van der Waals surface area contributed by atoms with Crippen LogP contribution in [0.1, 0.15) is 32.6 Å². The Morgan fingerprint density at radius 2 is 2.25 bits per heavy atom. The quantitative estimate of drug-likeness (QED) is 0.640. The second kappa shape index (κ2) is 3.74. The van der Waals surface area contributed by atoms with Crippen molar-refractivity contribution in [2.24, 2.45) is 11.8 Å². The van der Waals surface area contributed by atoms with Gasteiger partial charge >= 0.3 is 5.97 Å². The smallest absolute Gasteiger partial charge is 0.303 e. The molecule has 0 heterocycles. The Labute approximate surface area is 73.3 Å². The number of carboxylic acid groups (broad SMARTS) is 1. The van der Waals surface area contributed by atoms with Crippen LogP contribution >= 0.6 is 0 Å². The Morgan fingerprint density at radius 1 is 1.58 bits per heavy atom. The summed E-state index contributed by atoms with van der Waals surface area (Å²) in [5.41, 5.74) is 1.16. The summed E-state index contributed by atoms with van der Waals surface area (Å²) in [5, 5.41) is 8.54. The predicted molar refractivity (Wildman–Crippen MR) is 47.9 cm³/mol. The first-order chi connectivity index (χ1) is 5.66. The maximum Gasteiger partial charge on any atom is 0.303 e. The monoisotopic (exact) mass is 168 g/mol. The Kier molecular flexibility index (Phi) is 2.90. The van der Waals surface area contributed by atoms with Crippen LogP contribution in [0.3, 0.4) is 0 Å². The van der Waals surface area contributed by atoms with Gasteiger partial charge in [-0.2, -0.15) is 0 Å². The van der Waals surface area contributed by atoms with Crippen molar-refractivity contribution >= 4 is 5.97 Å². The van der Waals surface area contributed by atoms with Crippen LogP contribution in [-0.2, 0) is 4.79 Å². The predicted octanol–water partition coefficient (Wildman–Crippen LogP) is 2.45.